The van der Waals surface area contributed by atoms with Crippen LogP contribution in [0.3, 0.4) is 0 Å². The maximum Gasteiger partial charge on any atom is 0.338 e. The first-order valence-electron chi connectivity index (χ1n) is 11.7. The highest BCUT2D eigenvalue weighted by Gasteiger charge is 2.44. The molecule has 2 aromatic rings. The van der Waals surface area contributed by atoms with Crippen LogP contribution in [0.4, 0.5) is 5.69 Å². The number of methoxy groups -OCH3 is 1. The minimum atomic E-state index is -1.55. The van der Waals surface area contributed by atoms with Gasteiger partial charge in [-0.1, -0.05) is 57.7 Å². The summed E-state index contributed by atoms with van der Waals surface area (Å²) in [6, 6.07) is 12.9. The standard InChI is InChI=1S/C27H33NO5/c1-26(2,22-10-6-7-11-23(22)32-3)17-27(31,15-18-8-4-5-9-18)25(30)28-20-12-13-21-19(14-20)16-33-24(21)29/h6-7,10-14,18,31H,4-5,8-9,15-17H2,1-3H3,(H,28,30). The van der Waals surface area contributed by atoms with Gasteiger partial charge in [-0.15, -0.1) is 0 Å². The molecule has 1 heterocycles. The van der Waals surface area contributed by atoms with Gasteiger partial charge in [0.25, 0.3) is 5.91 Å². The predicted molar refractivity (Wildman–Crippen MR) is 126 cm³/mol. The molecule has 2 N–H and O–H groups in total. The van der Waals surface area contributed by atoms with E-state index in [1.54, 1.807) is 25.3 Å². The molecule has 2 aromatic carbocycles. The number of cyclic esters (lactones) is 1. The SMILES string of the molecule is COc1ccccc1C(C)(C)CC(O)(CC1CCCC1)C(=O)Nc1ccc2c(c1)COC2=O. The van der Waals surface area contributed by atoms with Gasteiger partial charge in [0.1, 0.15) is 18.0 Å². The Balaban J connectivity index is 1.60. The van der Waals surface area contributed by atoms with Crippen molar-refractivity contribution in [1.82, 2.24) is 0 Å². The largest absolute Gasteiger partial charge is 0.496 e. The number of fused-ring (bicyclic) bond motifs is 1. The summed E-state index contributed by atoms with van der Waals surface area (Å²) in [5.74, 6) is 0.302. The van der Waals surface area contributed by atoms with E-state index in [9.17, 15) is 14.7 Å². The fourth-order valence-electron chi connectivity index (χ4n) is 5.43. The van der Waals surface area contributed by atoms with Crippen molar-refractivity contribution in [3.05, 3.63) is 59.2 Å². The molecule has 0 radical (unpaired) electrons. The van der Waals surface area contributed by atoms with Gasteiger partial charge in [-0.25, -0.2) is 4.79 Å². The number of rotatable bonds is 8. The Morgan fingerprint density at radius 2 is 1.91 bits per heavy atom. The maximum atomic E-state index is 13.6. The van der Waals surface area contributed by atoms with E-state index in [2.05, 4.69) is 5.32 Å². The van der Waals surface area contributed by atoms with E-state index in [-0.39, 0.29) is 19.0 Å². The van der Waals surface area contributed by atoms with E-state index in [4.69, 9.17) is 9.47 Å². The lowest BCUT2D eigenvalue weighted by Gasteiger charge is -2.37. The Morgan fingerprint density at radius 1 is 1.18 bits per heavy atom. The van der Waals surface area contributed by atoms with Crippen LogP contribution in [0.5, 0.6) is 5.75 Å². The number of para-hydroxylation sites is 1. The molecule has 1 atom stereocenters. The molecule has 6 heteroatoms. The van der Waals surface area contributed by atoms with Gasteiger partial charge in [-0.2, -0.15) is 0 Å². The summed E-state index contributed by atoms with van der Waals surface area (Å²) in [5.41, 5.74) is 0.716. The molecule has 1 fully saturated rings. The summed E-state index contributed by atoms with van der Waals surface area (Å²) < 4.78 is 10.6. The third-order valence-corrected chi connectivity index (χ3v) is 7.04. The molecular formula is C27H33NO5. The van der Waals surface area contributed by atoms with E-state index in [0.29, 0.717) is 23.6 Å². The number of hydrogen-bond acceptors (Lipinski definition) is 5. The lowest BCUT2D eigenvalue weighted by Crippen LogP contribution is -2.48. The number of carbonyl (C=O) groups is 2. The van der Waals surface area contributed by atoms with Crippen LogP contribution in [0.25, 0.3) is 0 Å². The molecular weight excluding hydrogens is 418 g/mol. The average Bonchev–Trinajstić information content (AvgIpc) is 3.42. The third kappa shape index (κ3) is 4.91. The summed E-state index contributed by atoms with van der Waals surface area (Å²) in [6.45, 7) is 4.28. The van der Waals surface area contributed by atoms with Crippen molar-refractivity contribution in [3.63, 3.8) is 0 Å². The first-order chi connectivity index (χ1) is 15.7. The molecule has 33 heavy (non-hydrogen) atoms. The van der Waals surface area contributed by atoms with E-state index >= 15 is 0 Å². The summed E-state index contributed by atoms with van der Waals surface area (Å²) >= 11 is 0. The van der Waals surface area contributed by atoms with Crippen LogP contribution in [0, 0.1) is 5.92 Å². The van der Waals surface area contributed by atoms with Gasteiger partial charge < -0.3 is 19.9 Å². The van der Waals surface area contributed by atoms with Crippen molar-refractivity contribution in [2.24, 2.45) is 5.92 Å². The topological polar surface area (TPSA) is 84.9 Å². The van der Waals surface area contributed by atoms with Gasteiger partial charge in [0.15, 0.2) is 0 Å². The van der Waals surface area contributed by atoms with Crippen molar-refractivity contribution in [2.45, 2.75) is 70.0 Å². The van der Waals surface area contributed by atoms with Crippen LogP contribution in [0.2, 0.25) is 0 Å². The fourth-order valence-corrected chi connectivity index (χ4v) is 5.43. The monoisotopic (exact) mass is 451 g/mol. The van der Waals surface area contributed by atoms with Gasteiger partial charge in [0, 0.05) is 11.3 Å². The van der Waals surface area contributed by atoms with Gasteiger partial charge in [0.05, 0.1) is 12.7 Å². The molecule has 0 spiro atoms. The van der Waals surface area contributed by atoms with Crippen molar-refractivity contribution >= 4 is 17.6 Å². The zero-order valence-corrected chi connectivity index (χ0v) is 19.6. The van der Waals surface area contributed by atoms with Crippen LogP contribution in [-0.4, -0.2) is 29.7 Å². The third-order valence-electron chi connectivity index (χ3n) is 7.04. The van der Waals surface area contributed by atoms with Gasteiger partial charge in [0.2, 0.25) is 0 Å². The molecule has 0 bridgehead atoms. The van der Waals surface area contributed by atoms with Gasteiger partial charge >= 0.3 is 5.97 Å². The van der Waals surface area contributed by atoms with Crippen LogP contribution in [0.15, 0.2) is 42.5 Å². The van der Waals surface area contributed by atoms with Crippen molar-refractivity contribution < 1.29 is 24.2 Å². The molecule has 176 valence electrons. The van der Waals surface area contributed by atoms with E-state index < -0.39 is 16.9 Å². The number of nitrogens with one attached hydrogen (secondary N) is 1. The number of benzene rings is 2. The van der Waals surface area contributed by atoms with Crippen molar-refractivity contribution in [3.8, 4) is 5.75 Å². The zero-order valence-electron chi connectivity index (χ0n) is 19.6. The quantitative estimate of drug-likeness (QED) is 0.553. The second-order valence-electron chi connectivity index (χ2n) is 10.0. The molecule has 6 nitrogen and oxygen atoms in total. The van der Waals surface area contributed by atoms with Gasteiger partial charge in [-0.3, -0.25) is 4.79 Å². The van der Waals surface area contributed by atoms with Crippen LogP contribution >= 0.6 is 0 Å². The highest BCUT2D eigenvalue weighted by molar-refractivity contribution is 5.99. The number of carbonyl (C=O) groups excluding carboxylic acids is 2. The zero-order chi connectivity index (χ0) is 23.6. The second-order valence-corrected chi connectivity index (χ2v) is 10.0. The first kappa shape index (κ1) is 23.3. The summed E-state index contributed by atoms with van der Waals surface area (Å²) in [5, 5.41) is 14.8. The lowest BCUT2D eigenvalue weighted by molar-refractivity contribution is -0.138. The smallest absolute Gasteiger partial charge is 0.338 e. The Bertz CT molecular complexity index is 1040. The first-order valence-corrected chi connectivity index (χ1v) is 11.7. The average molecular weight is 452 g/mol. The Labute approximate surface area is 195 Å². The van der Waals surface area contributed by atoms with Crippen molar-refractivity contribution in [2.75, 3.05) is 12.4 Å². The molecule has 0 saturated heterocycles. The van der Waals surface area contributed by atoms with Crippen LogP contribution in [-0.2, 0) is 21.6 Å². The van der Waals surface area contributed by atoms with Crippen LogP contribution < -0.4 is 10.1 Å². The molecule has 2 aliphatic rings. The molecule has 1 aliphatic carbocycles. The van der Waals surface area contributed by atoms with E-state index in [1.807, 2.05) is 38.1 Å². The summed E-state index contributed by atoms with van der Waals surface area (Å²) in [6.07, 6.45) is 5.01. The minimum Gasteiger partial charge on any atom is -0.496 e. The Morgan fingerprint density at radius 3 is 2.64 bits per heavy atom. The number of amides is 1. The second kappa shape index (κ2) is 9.18. The normalized spacial score (nSPS) is 17.9. The molecule has 1 saturated carbocycles. The van der Waals surface area contributed by atoms with E-state index in [1.165, 1.54) is 0 Å². The number of ether oxygens (including phenoxy) is 2. The summed E-state index contributed by atoms with van der Waals surface area (Å²) in [4.78, 5) is 25.3. The lowest BCUT2D eigenvalue weighted by atomic mass is 9.71. The number of anilines is 1. The highest BCUT2D eigenvalue weighted by atomic mass is 16.5. The Kier molecular flexibility index (Phi) is 6.48. The molecule has 4 rings (SSSR count). The summed E-state index contributed by atoms with van der Waals surface area (Å²) in [7, 11) is 1.63. The minimum absolute atomic E-state index is 0.199. The molecule has 1 aliphatic heterocycles. The predicted octanol–water partition coefficient (Wildman–Crippen LogP) is 4.98. The van der Waals surface area contributed by atoms with Crippen molar-refractivity contribution in [1.29, 1.82) is 0 Å². The Hall–Kier alpha value is -2.86. The van der Waals surface area contributed by atoms with Gasteiger partial charge in [-0.05, 0) is 54.0 Å². The molecule has 1 unspecified atom stereocenters. The number of hydrogen-bond donors (Lipinski definition) is 2. The van der Waals surface area contributed by atoms with Crippen LogP contribution in [0.1, 0.15) is 73.9 Å². The maximum absolute atomic E-state index is 13.6. The fraction of sp³-hybridized carbons (Fsp3) is 0.481. The van der Waals surface area contributed by atoms with E-state index in [0.717, 1.165) is 42.6 Å². The molecule has 0 aromatic heterocycles. The number of aliphatic hydroxyl groups is 1. The number of esters is 1. The highest BCUT2D eigenvalue weighted by Crippen LogP contribution is 2.42. The molecule has 1 amide bonds.